The second-order valence-corrected chi connectivity index (χ2v) is 11.7. The fourth-order valence-electron chi connectivity index (χ4n) is 3.10. The van der Waals surface area contributed by atoms with E-state index in [4.69, 9.17) is 9.26 Å². The average molecular weight is 451 g/mol. The van der Waals surface area contributed by atoms with E-state index in [0.717, 1.165) is 6.42 Å². The summed E-state index contributed by atoms with van der Waals surface area (Å²) in [6, 6.07) is 1.68. The summed E-state index contributed by atoms with van der Waals surface area (Å²) in [6.45, 7) is 25.4. The van der Waals surface area contributed by atoms with Crippen molar-refractivity contribution in [2.45, 2.75) is 107 Å². The molecule has 0 radical (unpaired) electrons. The fraction of sp³-hybridized carbons (Fsp3) is 0.955. The van der Waals surface area contributed by atoms with Crippen molar-refractivity contribution in [1.82, 2.24) is 9.34 Å². The minimum Gasteiger partial charge on any atom is -0.370 e. The first-order valence-electron chi connectivity index (χ1n) is 11.2. The summed E-state index contributed by atoms with van der Waals surface area (Å²) >= 11 is 1.29. The molecule has 0 aliphatic rings. The van der Waals surface area contributed by atoms with Crippen LogP contribution in [0.4, 0.5) is 0 Å². The summed E-state index contributed by atoms with van der Waals surface area (Å²) in [5.41, 5.74) is 0. The van der Waals surface area contributed by atoms with Crippen LogP contribution >= 0.6 is 20.2 Å². The molecule has 1 atom stereocenters. The molecule has 0 N–H and O–H groups in total. The van der Waals surface area contributed by atoms with Gasteiger partial charge in [0.1, 0.15) is 0 Å². The van der Waals surface area contributed by atoms with Crippen molar-refractivity contribution in [3.63, 3.8) is 0 Å². The van der Waals surface area contributed by atoms with Crippen molar-refractivity contribution in [3.8, 4) is 0 Å². The van der Waals surface area contributed by atoms with Gasteiger partial charge in [-0.15, -0.1) is 0 Å². The lowest BCUT2D eigenvalue weighted by Crippen LogP contribution is -2.43. The lowest BCUT2D eigenvalue weighted by molar-refractivity contribution is -0.115. The van der Waals surface area contributed by atoms with Crippen molar-refractivity contribution in [2.75, 3.05) is 19.2 Å². The summed E-state index contributed by atoms with van der Waals surface area (Å²) in [5.74, 6) is 0.878. The van der Waals surface area contributed by atoms with E-state index in [0.29, 0.717) is 49.2 Å². The molecule has 7 heteroatoms. The standard InChI is InChI=1S/C22H47N2O3PS/c1-16(2)21(11)22(25)29-15-26-13-12-14-27-28(23(17(3)4)18(5)6)24(19(7)8)20(9)10/h16-21H,12-15H2,1-11H3. The lowest BCUT2D eigenvalue weighted by atomic mass is 10.0. The van der Waals surface area contributed by atoms with Gasteiger partial charge in [0.15, 0.2) is 13.6 Å². The molecule has 0 aliphatic heterocycles. The Balaban J connectivity index is 4.63. The van der Waals surface area contributed by atoms with E-state index >= 15 is 0 Å². The van der Waals surface area contributed by atoms with Gasteiger partial charge >= 0.3 is 0 Å². The summed E-state index contributed by atoms with van der Waals surface area (Å²) in [7, 11) is -0.844. The van der Waals surface area contributed by atoms with E-state index < -0.39 is 8.45 Å². The fourth-order valence-corrected chi connectivity index (χ4v) is 6.34. The average Bonchev–Trinajstić information content (AvgIpc) is 2.58. The Morgan fingerprint density at radius 1 is 0.793 bits per heavy atom. The summed E-state index contributed by atoms with van der Waals surface area (Å²) in [5, 5.41) is 0.216. The number of thioether (sulfide) groups is 1. The molecular formula is C22H47N2O3PS. The number of carbonyl (C=O) groups is 1. The van der Waals surface area contributed by atoms with Gasteiger partial charge in [0.05, 0.1) is 12.5 Å². The molecule has 0 aromatic heterocycles. The smallest absolute Gasteiger partial charge is 0.194 e. The summed E-state index contributed by atoms with van der Waals surface area (Å²) < 4.78 is 17.1. The third kappa shape index (κ3) is 10.9. The van der Waals surface area contributed by atoms with E-state index in [9.17, 15) is 4.79 Å². The van der Waals surface area contributed by atoms with Crippen LogP contribution in [-0.2, 0) is 14.1 Å². The quantitative estimate of drug-likeness (QED) is 0.164. The number of ether oxygens (including phenoxy) is 1. The molecule has 0 aromatic rings. The van der Waals surface area contributed by atoms with Crippen LogP contribution in [0.25, 0.3) is 0 Å². The largest absolute Gasteiger partial charge is 0.370 e. The first-order chi connectivity index (χ1) is 13.4. The SMILES string of the molecule is CC(C)C(C)C(=O)SCOCCCOP(N(C(C)C)C(C)C)N(C(C)C)C(C)C. The van der Waals surface area contributed by atoms with Gasteiger partial charge < -0.3 is 9.26 Å². The van der Waals surface area contributed by atoms with Crippen molar-refractivity contribution in [1.29, 1.82) is 0 Å². The van der Waals surface area contributed by atoms with Gasteiger partial charge in [-0.3, -0.25) is 4.79 Å². The molecule has 0 saturated carbocycles. The highest BCUT2D eigenvalue weighted by atomic mass is 32.2. The molecule has 0 amide bonds. The zero-order chi connectivity index (χ0) is 22.7. The van der Waals surface area contributed by atoms with E-state index in [1.54, 1.807) is 0 Å². The maximum Gasteiger partial charge on any atom is 0.194 e. The summed E-state index contributed by atoms with van der Waals surface area (Å²) in [6.07, 6.45) is 0.835. The number of rotatable bonds is 15. The Hall–Kier alpha value is 0.290. The third-order valence-corrected chi connectivity index (χ3v) is 8.80. The Kier molecular flexibility index (Phi) is 15.3. The molecule has 0 fully saturated rings. The van der Waals surface area contributed by atoms with E-state index in [1.807, 2.05) is 6.92 Å². The second kappa shape index (κ2) is 15.2. The molecule has 0 aromatic carbocycles. The third-order valence-electron chi connectivity index (χ3n) is 4.81. The maximum atomic E-state index is 12.0. The minimum atomic E-state index is -0.844. The monoisotopic (exact) mass is 450 g/mol. The molecule has 1 unspecified atom stereocenters. The van der Waals surface area contributed by atoms with Gasteiger partial charge in [-0.2, -0.15) is 0 Å². The van der Waals surface area contributed by atoms with Gasteiger partial charge in [0, 0.05) is 36.7 Å². The van der Waals surface area contributed by atoms with Crippen molar-refractivity contribution >= 4 is 25.3 Å². The molecular weight excluding hydrogens is 403 g/mol. The van der Waals surface area contributed by atoms with Crippen LogP contribution in [0.3, 0.4) is 0 Å². The molecule has 0 aliphatic carbocycles. The van der Waals surface area contributed by atoms with Crippen LogP contribution in [-0.4, -0.2) is 57.8 Å². The molecule has 0 rings (SSSR count). The highest BCUT2D eigenvalue weighted by Gasteiger charge is 2.34. The lowest BCUT2D eigenvalue weighted by Gasteiger charge is -2.45. The Morgan fingerprint density at radius 3 is 1.62 bits per heavy atom. The van der Waals surface area contributed by atoms with Crippen molar-refractivity contribution in [3.05, 3.63) is 0 Å². The van der Waals surface area contributed by atoms with Crippen LogP contribution in [0.15, 0.2) is 0 Å². The number of hydrogen-bond donors (Lipinski definition) is 0. The Bertz CT molecular complexity index is 412. The first kappa shape index (κ1) is 29.3. The van der Waals surface area contributed by atoms with Crippen molar-refractivity contribution < 1.29 is 14.1 Å². The van der Waals surface area contributed by atoms with Gasteiger partial charge in [0.25, 0.3) is 0 Å². The first-order valence-corrected chi connectivity index (χ1v) is 13.3. The van der Waals surface area contributed by atoms with Gasteiger partial charge in [0.2, 0.25) is 0 Å². The predicted octanol–water partition coefficient (Wildman–Crippen LogP) is 6.38. The second-order valence-electron chi connectivity index (χ2n) is 9.10. The number of nitrogens with zero attached hydrogens (tertiary/aromatic N) is 2. The highest BCUT2D eigenvalue weighted by molar-refractivity contribution is 8.13. The van der Waals surface area contributed by atoms with E-state index in [-0.39, 0.29) is 11.0 Å². The van der Waals surface area contributed by atoms with E-state index in [2.05, 4.69) is 78.6 Å². The number of hydrogen-bond acceptors (Lipinski definition) is 6. The van der Waals surface area contributed by atoms with Crippen molar-refractivity contribution in [2.24, 2.45) is 11.8 Å². The molecule has 174 valence electrons. The molecule has 5 nitrogen and oxygen atoms in total. The normalized spacial score (nSPS) is 14.0. The Labute approximate surface area is 186 Å². The molecule has 29 heavy (non-hydrogen) atoms. The van der Waals surface area contributed by atoms with Crippen LogP contribution in [0.5, 0.6) is 0 Å². The number of carbonyl (C=O) groups excluding carboxylic acids is 1. The highest BCUT2D eigenvalue weighted by Crippen LogP contribution is 2.50. The van der Waals surface area contributed by atoms with E-state index in [1.165, 1.54) is 11.8 Å². The zero-order valence-corrected chi connectivity index (χ0v) is 22.5. The van der Waals surface area contributed by atoms with Gasteiger partial charge in [-0.25, -0.2) is 9.34 Å². The molecule has 0 bridgehead atoms. The van der Waals surface area contributed by atoms with Crippen LogP contribution in [0, 0.1) is 11.8 Å². The topological polar surface area (TPSA) is 42.0 Å². The van der Waals surface area contributed by atoms with Gasteiger partial charge in [-0.1, -0.05) is 32.5 Å². The summed E-state index contributed by atoms with van der Waals surface area (Å²) in [4.78, 5) is 12.0. The minimum absolute atomic E-state index is 0.0755. The predicted molar refractivity (Wildman–Crippen MR) is 129 cm³/mol. The molecule has 0 saturated heterocycles. The maximum absolute atomic E-state index is 12.0. The molecule has 0 heterocycles. The van der Waals surface area contributed by atoms with Crippen LogP contribution in [0.2, 0.25) is 0 Å². The van der Waals surface area contributed by atoms with Gasteiger partial charge in [-0.05, 0) is 67.7 Å². The molecule has 0 spiro atoms. The zero-order valence-electron chi connectivity index (χ0n) is 20.8. The van der Waals surface area contributed by atoms with Crippen LogP contribution in [0.1, 0.15) is 82.6 Å². The Morgan fingerprint density at radius 2 is 1.24 bits per heavy atom. The van der Waals surface area contributed by atoms with Crippen LogP contribution < -0.4 is 0 Å².